The van der Waals surface area contributed by atoms with Gasteiger partial charge in [-0.2, -0.15) is 0 Å². The number of likely N-dealkylation sites (tertiary alicyclic amines) is 2. The molecular weight excluding hydrogens is 1310 g/mol. The van der Waals surface area contributed by atoms with Crippen molar-refractivity contribution in [3.8, 4) is 34.5 Å². The molecule has 4 aliphatic heterocycles. The van der Waals surface area contributed by atoms with Gasteiger partial charge in [0, 0.05) is 106 Å². The summed E-state index contributed by atoms with van der Waals surface area (Å²) in [6.45, 7) is 36.5. The number of ether oxygens (including phenoxy) is 8. The SMILES string of the molecule is CO[C@]12CC[C@@]3(C[C@@H]1[C@](C)(O)C(C)(C)C)C1Cc4ccc(OC(=O)CC(C)(C)c5c(C)cc(C)cc5OC(=O)CCC(=O)Oc5cc(C)cc(C)c5C(C)(C)CC(=O)Oc5ccc6c7c5O[C@H]5[C@@]8(OC)CC[C@@]9(C[C@@H]8[C@](C)(O)C(C)(C)C)C(C6)N(CC6CC6)CC[C@]759)c5c4[C@@]3(CCN1CC1CC1)[C@H]2O5. The molecule has 10 fully saturated rings. The number of rotatable bonds is 21. The van der Waals surface area contributed by atoms with Crippen LogP contribution in [0.5, 0.6) is 34.5 Å². The number of hydrogen-bond donors (Lipinski definition) is 2. The van der Waals surface area contributed by atoms with Gasteiger partial charge in [-0.15, -0.1) is 0 Å². The summed E-state index contributed by atoms with van der Waals surface area (Å²) >= 11 is 0. The van der Waals surface area contributed by atoms with E-state index >= 15 is 0 Å². The standard InChI is InChI=1S/C88H116N2O14/c1-49-37-51(3)69(79(11,12)45-67(93)99-57-25-23-55-41-63-83-29-31-87(97-17,61(43-83)81(15,95)77(5,6)7)75-85(83,71(55)73(57)103-75)33-35-89(63)47-53-19-20-53)59(39-49)101-65(91)27-28-66(92)102-60-40-50(2)38-52(4)70(60)80(13,14)46-68(94)100-58-26-24-56-42-64-84-30-32-88(98-18,62(44-84)82(16,96)78(8,9)10)76-86(84,72(56)74(58)104-76)34-36-90(64)48-54-21-22-54/h23-26,37-40,53-54,61-64,75-76,95-96H,19-22,27-36,41-48H2,1-18H3/t61-,62-,63?,64?,75-,76-,81+,82+,83-,84-,85+,86+,87-,88-/m1/s1. The second-order valence-electron chi connectivity index (χ2n) is 39.0. The minimum atomic E-state index is -1.08. The van der Waals surface area contributed by atoms with E-state index in [1.807, 2.05) is 93.5 Å². The first-order valence-corrected chi connectivity index (χ1v) is 39.5. The largest absolute Gasteiger partial charge is 0.482 e. The lowest BCUT2D eigenvalue weighted by atomic mass is 9.33. The highest BCUT2D eigenvalue weighted by atomic mass is 16.6. The number of carbonyl (C=O) groups is 4. The smallest absolute Gasteiger partial charge is 0.312 e. The van der Waals surface area contributed by atoms with Gasteiger partial charge in [0.05, 0.1) is 36.9 Å². The average Bonchev–Trinajstić information content (AvgIpc) is 1.59. The lowest BCUT2D eigenvalue weighted by Gasteiger charge is -2.75. The van der Waals surface area contributed by atoms with Gasteiger partial charge in [0.25, 0.3) is 0 Å². The average molecular weight is 1430 g/mol. The summed E-state index contributed by atoms with van der Waals surface area (Å²) in [6, 6.07) is 16.4. The molecule has 8 bridgehead atoms. The van der Waals surface area contributed by atoms with Gasteiger partial charge in [0.1, 0.15) is 34.9 Å². The van der Waals surface area contributed by atoms with E-state index in [0.29, 0.717) is 57.7 Å². The van der Waals surface area contributed by atoms with Crippen molar-refractivity contribution < 1.29 is 67.3 Å². The molecule has 14 aliphatic rings. The van der Waals surface area contributed by atoms with Crippen molar-refractivity contribution in [2.45, 2.75) is 295 Å². The first-order valence-electron chi connectivity index (χ1n) is 39.5. The van der Waals surface area contributed by atoms with Crippen molar-refractivity contribution >= 4 is 23.9 Å². The van der Waals surface area contributed by atoms with Crippen LogP contribution in [0.3, 0.4) is 0 Å². The van der Waals surface area contributed by atoms with Gasteiger partial charge in [-0.1, -0.05) is 93.5 Å². The van der Waals surface area contributed by atoms with Crippen LogP contribution < -0.4 is 28.4 Å². The van der Waals surface area contributed by atoms with Crippen LogP contribution in [0.4, 0.5) is 0 Å². The zero-order chi connectivity index (χ0) is 74.2. The predicted octanol–water partition coefficient (Wildman–Crippen LogP) is 14.8. The molecule has 8 saturated carbocycles. The van der Waals surface area contributed by atoms with Crippen LogP contribution in [0.2, 0.25) is 0 Å². The van der Waals surface area contributed by atoms with Crippen LogP contribution in [-0.4, -0.2) is 131 Å². The number of piperidine rings is 2. The number of fused-ring (bicyclic) bond motifs is 4. The third-order valence-electron chi connectivity index (χ3n) is 30.5. The number of aliphatic hydroxyl groups is 2. The topological polar surface area (TPSA) is 189 Å². The van der Waals surface area contributed by atoms with Crippen molar-refractivity contribution in [3.63, 3.8) is 0 Å². The fraction of sp³-hybridized carbons (Fsp3) is 0.682. The molecule has 104 heavy (non-hydrogen) atoms. The van der Waals surface area contributed by atoms with Gasteiger partial charge in [-0.25, -0.2) is 0 Å². The van der Waals surface area contributed by atoms with E-state index in [9.17, 15) is 29.4 Å². The molecular formula is C88H116N2O14. The summed E-state index contributed by atoms with van der Waals surface area (Å²) in [4.78, 5) is 63.5. The Morgan fingerprint density at radius 1 is 0.490 bits per heavy atom. The molecule has 0 radical (unpaired) electrons. The van der Waals surface area contributed by atoms with Crippen LogP contribution in [0.25, 0.3) is 0 Å². The Bertz CT molecular complexity index is 3970. The highest BCUT2D eigenvalue weighted by molar-refractivity contribution is 5.82. The van der Waals surface area contributed by atoms with Gasteiger partial charge in [-0.3, -0.25) is 29.0 Å². The van der Waals surface area contributed by atoms with Gasteiger partial charge >= 0.3 is 23.9 Å². The lowest BCUT2D eigenvalue weighted by molar-refractivity contribution is -0.312. The van der Waals surface area contributed by atoms with E-state index in [4.69, 9.17) is 37.9 Å². The number of hydrogen-bond acceptors (Lipinski definition) is 16. The summed E-state index contributed by atoms with van der Waals surface area (Å²) < 4.78 is 54.3. The number of esters is 4. The predicted molar refractivity (Wildman–Crippen MR) is 396 cm³/mol. The zero-order valence-electron chi connectivity index (χ0n) is 65.5. The van der Waals surface area contributed by atoms with Crippen molar-refractivity contribution in [1.29, 1.82) is 0 Å². The molecule has 16 nitrogen and oxygen atoms in total. The van der Waals surface area contributed by atoms with Crippen molar-refractivity contribution in [3.05, 3.63) is 104 Å². The second kappa shape index (κ2) is 23.8. The number of nitrogens with zero attached hydrogens (tertiary/aromatic N) is 2. The summed E-state index contributed by atoms with van der Waals surface area (Å²) in [5.41, 5.74) is 2.05. The van der Waals surface area contributed by atoms with Crippen LogP contribution in [0.15, 0.2) is 48.5 Å². The first kappa shape index (κ1) is 72.3. The monoisotopic (exact) mass is 1420 g/mol. The van der Waals surface area contributed by atoms with Crippen molar-refractivity contribution in [2.24, 2.45) is 45.3 Å². The van der Waals surface area contributed by atoms with E-state index < -0.39 is 67.9 Å². The lowest BCUT2D eigenvalue weighted by Crippen LogP contribution is -2.83. The quantitative estimate of drug-likeness (QED) is 0.0591. The third kappa shape index (κ3) is 10.3. The Morgan fingerprint density at radius 3 is 1.20 bits per heavy atom. The number of aryl methyl sites for hydroxylation is 4. The maximum Gasteiger partial charge on any atom is 0.312 e. The molecule has 4 heterocycles. The Morgan fingerprint density at radius 2 is 0.856 bits per heavy atom. The summed E-state index contributed by atoms with van der Waals surface area (Å²) in [6.07, 6.45) is 12.4. The Hall–Kier alpha value is -5.88. The molecule has 16 heteroatoms. The fourth-order valence-electron chi connectivity index (χ4n) is 24.8. The van der Waals surface area contributed by atoms with Crippen LogP contribution in [0.1, 0.15) is 241 Å². The molecule has 562 valence electrons. The Labute approximate surface area is 617 Å². The molecule has 0 amide bonds. The maximum atomic E-state index is 14.8. The molecule has 14 atom stereocenters. The summed E-state index contributed by atoms with van der Waals surface area (Å²) in [5.74, 6) is 1.52. The fourth-order valence-corrected chi connectivity index (χ4v) is 24.8. The third-order valence-corrected chi connectivity index (χ3v) is 30.5. The summed E-state index contributed by atoms with van der Waals surface area (Å²) in [5, 5.41) is 25.7. The molecule has 0 aromatic heterocycles. The summed E-state index contributed by atoms with van der Waals surface area (Å²) in [7, 11) is 3.61. The molecule has 4 aromatic rings. The number of carbonyl (C=O) groups excluding carboxylic acids is 4. The van der Waals surface area contributed by atoms with Crippen LogP contribution in [-0.2, 0) is 63.2 Å². The molecule has 2 saturated heterocycles. The molecule has 10 aliphatic carbocycles. The molecule has 4 spiro atoms. The highest BCUT2D eigenvalue weighted by Crippen LogP contribution is 2.80. The molecule has 4 aromatic carbocycles. The van der Waals surface area contributed by atoms with Gasteiger partial charge in [0.15, 0.2) is 23.0 Å². The van der Waals surface area contributed by atoms with Gasteiger partial charge in [-0.05, 0) is 225 Å². The van der Waals surface area contributed by atoms with E-state index in [-0.39, 0.29) is 71.4 Å². The minimum Gasteiger partial charge on any atom is -0.482 e. The first-order chi connectivity index (χ1) is 48.8. The van der Waals surface area contributed by atoms with Gasteiger partial charge in [0.2, 0.25) is 0 Å². The van der Waals surface area contributed by atoms with E-state index in [2.05, 4.69) is 63.5 Å². The number of benzene rings is 4. The van der Waals surface area contributed by atoms with E-state index in [0.717, 1.165) is 124 Å². The highest BCUT2D eigenvalue weighted by Gasteiger charge is 2.84. The minimum absolute atomic E-state index is 0.0594. The van der Waals surface area contributed by atoms with Crippen molar-refractivity contribution in [1.82, 2.24) is 9.80 Å². The number of methoxy groups -OCH3 is 2. The van der Waals surface area contributed by atoms with Gasteiger partial charge < -0.3 is 48.1 Å². The van der Waals surface area contributed by atoms with E-state index in [1.54, 1.807) is 26.4 Å². The normalized spacial score (nSPS) is 33.0. The molecule has 2 unspecified atom stereocenters. The Balaban J connectivity index is 0.605. The maximum absolute atomic E-state index is 14.8. The molecule has 2 N–H and O–H groups in total. The van der Waals surface area contributed by atoms with E-state index in [1.165, 1.54) is 47.9 Å². The van der Waals surface area contributed by atoms with Crippen molar-refractivity contribution in [2.75, 3.05) is 40.4 Å². The van der Waals surface area contributed by atoms with Crippen LogP contribution >= 0.6 is 0 Å². The van der Waals surface area contributed by atoms with Crippen LogP contribution in [0, 0.1) is 73.0 Å². The zero-order valence-corrected chi connectivity index (χ0v) is 65.5. The Kier molecular flexibility index (Phi) is 16.6. The molecule has 18 rings (SSSR count). The second-order valence-corrected chi connectivity index (χ2v) is 39.0.